The number of halogens is 1. The number of piperidine rings is 1. The van der Waals surface area contributed by atoms with Gasteiger partial charge in [-0.05, 0) is 31.5 Å². The molecule has 0 aromatic carbocycles. The molecule has 15 heavy (non-hydrogen) atoms. The molecule has 1 aliphatic rings. The van der Waals surface area contributed by atoms with Gasteiger partial charge >= 0.3 is 0 Å². The molecule has 0 saturated carbocycles. The normalized spacial score (nSPS) is 21.3. The third-order valence-electron chi connectivity index (χ3n) is 2.43. The fourth-order valence-corrected chi connectivity index (χ4v) is 2.61. The summed E-state index contributed by atoms with van der Waals surface area (Å²) >= 11 is 7.09. The molecule has 0 radical (unpaired) electrons. The lowest BCUT2D eigenvalue weighted by molar-refractivity contribution is 0.0935. The number of carbonyl (C=O) groups is 1. The van der Waals surface area contributed by atoms with Gasteiger partial charge in [0.15, 0.2) is 0 Å². The number of hydrogen-bond acceptors (Lipinski definition) is 3. The highest BCUT2D eigenvalue weighted by Crippen LogP contribution is 2.21. The minimum absolute atomic E-state index is 0.0133. The number of hydrogen-bond donors (Lipinski definition) is 2. The Labute approximate surface area is 97.8 Å². The highest BCUT2D eigenvalue weighted by Gasteiger charge is 2.17. The summed E-state index contributed by atoms with van der Waals surface area (Å²) in [7, 11) is 0. The molecule has 82 valence electrons. The van der Waals surface area contributed by atoms with E-state index in [4.69, 9.17) is 11.6 Å². The van der Waals surface area contributed by atoms with Crippen molar-refractivity contribution in [2.45, 2.75) is 18.9 Å². The largest absolute Gasteiger partial charge is 0.347 e. The molecule has 1 amide bonds. The molecule has 1 aromatic heterocycles. The van der Waals surface area contributed by atoms with E-state index in [1.807, 2.05) is 0 Å². The first-order chi connectivity index (χ1) is 7.25. The van der Waals surface area contributed by atoms with E-state index in [1.165, 1.54) is 11.3 Å². The minimum Gasteiger partial charge on any atom is -0.347 e. The first kappa shape index (κ1) is 10.9. The van der Waals surface area contributed by atoms with Crippen LogP contribution < -0.4 is 10.6 Å². The van der Waals surface area contributed by atoms with Crippen LogP contribution in [0.25, 0.3) is 0 Å². The van der Waals surface area contributed by atoms with Crippen LogP contribution in [0.4, 0.5) is 0 Å². The second kappa shape index (κ2) is 4.96. The van der Waals surface area contributed by atoms with Gasteiger partial charge in [-0.2, -0.15) is 0 Å². The van der Waals surface area contributed by atoms with Crippen molar-refractivity contribution >= 4 is 28.8 Å². The molecule has 1 aromatic rings. The topological polar surface area (TPSA) is 41.1 Å². The van der Waals surface area contributed by atoms with Crippen molar-refractivity contribution in [2.75, 3.05) is 13.1 Å². The van der Waals surface area contributed by atoms with Gasteiger partial charge in [-0.25, -0.2) is 0 Å². The molecule has 0 spiro atoms. The van der Waals surface area contributed by atoms with Crippen LogP contribution in [0.3, 0.4) is 0 Å². The van der Waals surface area contributed by atoms with Crippen molar-refractivity contribution in [3.63, 3.8) is 0 Å². The van der Waals surface area contributed by atoms with Crippen LogP contribution >= 0.6 is 22.9 Å². The Morgan fingerprint density at radius 1 is 1.60 bits per heavy atom. The zero-order valence-corrected chi connectivity index (χ0v) is 9.83. The highest BCUT2D eigenvalue weighted by molar-refractivity contribution is 7.17. The van der Waals surface area contributed by atoms with E-state index in [1.54, 1.807) is 12.1 Å². The number of amides is 1. The third kappa shape index (κ3) is 2.93. The van der Waals surface area contributed by atoms with Gasteiger partial charge in [0.2, 0.25) is 0 Å². The summed E-state index contributed by atoms with van der Waals surface area (Å²) in [5.74, 6) is -0.0133. The zero-order valence-electron chi connectivity index (χ0n) is 8.25. The van der Waals surface area contributed by atoms with Gasteiger partial charge in [-0.3, -0.25) is 4.79 Å². The van der Waals surface area contributed by atoms with Crippen molar-refractivity contribution in [2.24, 2.45) is 0 Å². The number of thiophene rings is 1. The van der Waals surface area contributed by atoms with Crippen LogP contribution in [0.15, 0.2) is 12.1 Å². The lowest BCUT2D eigenvalue weighted by Gasteiger charge is -2.23. The van der Waals surface area contributed by atoms with E-state index in [0.717, 1.165) is 25.9 Å². The first-order valence-electron chi connectivity index (χ1n) is 5.02. The van der Waals surface area contributed by atoms with Crippen LogP contribution in [0.2, 0.25) is 4.34 Å². The summed E-state index contributed by atoms with van der Waals surface area (Å²) in [6.45, 7) is 1.92. The van der Waals surface area contributed by atoms with E-state index in [9.17, 15) is 4.79 Å². The Kier molecular flexibility index (Phi) is 3.61. The predicted octanol–water partition coefficient (Wildman–Crippen LogP) is 1.88. The van der Waals surface area contributed by atoms with Gasteiger partial charge in [0.25, 0.3) is 5.91 Å². The van der Waals surface area contributed by atoms with Crippen molar-refractivity contribution in [3.05, 3.63) is 21.3 Å². The SMILES string of the molecule is O=C(N[C@H]1CCCNC1)c1ccc(Cl)s1. The molecule has 5 heteroatoms. The van der Waals surface area contributed by atoms with Crippen molar-refractivity contribution in [1.82, 2.24) is 10.6 Å². The lowest BCUT2D eigenvalue weighted by Crippen LogP contribution is -2.45. The predicted molar refractivity (Wildman–Crippen MR) is 62.7 cm³/mol. The van der Waals surface area contributed by atoms with E-state index < -0.39 is 0 Å². The maximum Gasteiger partial charge on any atom is 0.261 e. The van der Waals surface area contributed by atoms with E-state index in [-0.39, 0.29) is 11.9 Å². The molecule has 1 aliphatic heterocycles. The Hall–Kier alpha value is -0.580. The molecular formula is C10H13ClN2OS. The average Bonchev–Trinajstić information content (AvgIpc) is 2.66. The minimum atomic E-state index is -0.0133. The molecule has 1 saturated heterocycles. The van der Waals surface area contributed by atoms with Gasteiger partial charge in [0.1, 0.15) is 0 Å². The van der Waals surface area contributed by atoms with Crippen LogP contribution in [0.1, 0.15) is 22.5 Å². The standard InChI is InChI=1S/C10H13ClN2OS/c11-9-4-3-8(15-9)10(14)13-7-2-1-5-12-6-7/h3-4,7,12H,1-2,5-6H2,(H,13,14)/t7-/m0/s1. The average molecular weight is 245 g/mol. The van der Waals surface area contributed by atoms with Gasteiger partial charge in [-0.15, -0.1) is 11.3 Å². The fraction of sp³-hybridized carbons (Fsp3) is 0.500. The molecule has 0 unspecified atom stereocenters. The summed E-state index contributed by atoms with van der Waals surface area (Å²) in [6, 6.07) is 3.77. The summed E-state index contributed by atoms with van der Waals surface area (Å²) in [5, 5.41) is 6.26. The number of carbonyl (C=O) groups excluding carboxylic acids is 1. The quantitative estimate of drug-likeness (QED) is 0.834. The Morgan fingerprint density at radius 3 is 3.07 bits per heavy atom. The molecule has 2 heterocycles. The molecular weight excluding hydrogens is 232 g/mol. The van der Waals surface area contributed by atoms with Crippen LogP contribution in [0, 0.1) is 0 Å². The van der Waals surface area contributed by atoms with Gasteiger partial charge in [-0.1, -0.05) is 11.6 Å². The summed E-state index contributed by atoms with van der Waals surface area (Å²) in [5.41, 5.74) is 0. The second-order valence-electron chi connectivity index (χ2n) is 3.62. The fourth-order valence-electron chi connectivity index (χ4n) is 1.67. The van der Waals surface area contributed by atoms with Crippen molar-refractivity contribution in [3.8, 4) is 0 Å². The van der Waals surface area contributed by atoms with Gasteiger partial charge < -0.3 is 10.6 Å². The van der Waals surface area contributed by atoms with E-state index >= 15 is 0 Å². The Bertz CT molecular complexity index is 347. The zero-order chi connectivity index (χ0) is 10.7. The van der Waals surface area contributed by atoms with Crippen LogP contribution in [0.5, 0.6) is 0 Å². The first-order valence-corrected chi connectivity index (χ1v) is 6.22. The Balaban J connectivity index is 1.91. The molecule has 2 N–H and O–H groups in total. The Morgan fingerprint density at radius 2 is 2.47 bits per heavy atom. The summed E-state index contributed by atoms with van der Waals surface area (Å²) < 4.78 is 0.655. The van der Waals surface area contributed by atoms with Crippen molar-refractivity contribution < 1.29 is 4.79 Å². The maximum absolute atomic E-state index is 11.7. The van der Waals surface area contributed by atoms with Crippen LogP contribution in [-0.4, -0.2) is 25.0 Å². The van der Waals surface area contributed by atoms with Crippen LogP contribution in [-0.2, 0) is 0 Å². The van der Waals surface area contributed by atoms with Gasteiger partial charge in [0.05, 0.1) is 9.21 Å². The van der Waals surface area contributed by atoms with Crippen molar-refractivity contribution in [1.29, 1.82) is 0 Å². The molecule has 2 rings (SSSR count). The maximum atomic E-state index is 11.7. The third-order valence-corrected chi connectivity index (χ3v) is 3.66. The smallest absolute Gasteiger partial charge is 0.261 e. The molecule has 0 bridgehead atoms. The molecule has 0 aliphatic carbocycles. The lowest BCUT2D eigenvalue weighted by atomic mass is 10.1. The number of nitrogens with one attached hydrogen (secondary N) is 2. The molecule has 3 nitrogen and oxygen atoms in total. The highest BCUT2D eigenvalue weighted by atomic mass is 35.5. The van der Waals surface area contributed by atoms with Gasteiger partial charge in [0, 0.05) is 12.6 Å². The summed E-state index contributed by atoms with van der Waals surface area (Å²) in [6.07, 6.45) is 2.17. The number of rotatable bonds is 2. The van der Waals surface area contributed by atoms with E-state index in [0.29, 0.717) is 9.21 Å². The monoisotopic (exact) mass is 244 g/mol. The second-order valence-corrected chi connectivity index (χ2v) is 5.34. The van der Waals surface area contributed by atoms with E-state index in [2.05, 4.69) is 10.6 Å². The molecule has 1 atom stereocenters. The molecule has 1 fully saturated rings. The summed E-state index contributed by atoms with van der Waals surface area (Å²) in [4.78, 5) is 12.4.